The monoisotopic (exact) mass is 324 g/mol. The first kappa shape index (κ1) is 15.0. The molecule has 7 heteroatoms. The lowest BCUT2D eigenvalue weighted by Gasteiger charge is -2.13. The number of hydrogen-bond donors (Lipinski definition) is 2. The first-order valence-corrected chi connectivity index (χ1v) is 8.93. The Balaban J connectivity index is 1.85. The number of thioether (sulfide) groups is 1. The maximum absolute atomic E-state index is 5.64. The Kier molecular flexibility index (Phi) is 4.35. The third-order valence-electron chi connectivity index (χ3n) is 3.94. The number of nitrogens with one attached hydrogen (secondary N) is 1. The Morgan fingerprint density at radius 2 is 2.24 bits per heavy atom. The maximum Gasteiger partial charge on any atom is 0.152 e. The molecule has 2 aromatic heterocycles. The van der Waals surface area contributed by atoms with Crippen LogP contribution in [0.25, 0.3) is 10.2 Å². The molecule has 1 aliphatic rings. The first-order valence-electron chi connectivity index (χ1n) is 7.06. The number of nitrogens with zero attached hydrogens (tertiary/aromatic N) is 2. The highest BCUT2D eigenvalue weighted by atomic mass is 32.2. The minimum absolute atomic E-state index is 0.317. The standard InChI is InChI=1S/C14H20N4OS2/c1-7-9(3)21-14-12(7)13(18-15)16-11(17-14)6-20-10-4-5-19-8(10)2/h8,10H,4-6,15H2,1-3H3,(H,16,17,18). The number of hydrogen-bond acceptors (Lipinski definition) is 7. The molecule has 2 atom stereocenters. The fourth-order valence-electron chi connectivity index (χ4n) is 2.58. The average Bonchev–Trinajstić information content (AvgIpc) is 3.00. The van der Waals surface area contributed by atoms with E-state index < -0.39 is 0 Å². The lowest BCUT2D eigenvalue weighted by molar-refractivity contribution is 0.127. The van der Waals surface area contributed by atoms with Crippen LogP contribution in [0.1, 0.15) is 29.6 Å². The van der Waals surface area contributed by atoms with Crippen molar-refractivity contribution in [1.29, 1.82) is 0 Å². The Morgan fingerprint density at radius 3 is 2.90 bits per heavy atom. The van der Waals surface area contributed by atoms with Gasteiger partial charge in [-0.25, -0.2) is 15.8 Å². The summed E-state index contributed by atoms with van der Waals surface area (Å²) in [5.74, 6) is 8.00. The molecule has 0 bridgehead atoms. The first-order chi connectivity index (χ1) is 10.1. The number of ether oxygens (including phenoxy) is 1. The van der Waals surface area contributed by atoms with Crippen LogP contribution in [-0.4, -0.2) is 27.9 Å². The highest BCUT2D eigenvalue weighted by Gasteiger charge is 2.25. The van der Waals surface area contributed by atoms with Crippen molar-refractivity contribution >= 4 is 39.1 Å². The number of fused-ring (bicyclic) bond motifs is 1. The molecule has 0 spiro atoms. The summed E-state index contributed by atoms with van der Waals surface area (Å²) in [6.45, 7) is 7.18. The van der Waals surface area contributed by atoms with E-state index in [1.54, 1.807) is 11.3 Å². The molecule has 114 valence electrons. The Labute approximate surface area is 132 Å². The van der Waals surface area contributed by atoms with Gasteiger partial charge in [-0.05, 0) is 32.8 Å². The molecule has 1 saturated heterocycles. The van der Waals surface area contributed by atoms with Gasteiger partial charge in [0.15, 0.2) is 5.82 Å². The minimum atomic E-state index is 0.317. The van der Waals surface area contributed by atoms with Gasteiger partial charge in [0.05, 0.1) is 17.2 Å². The van der Waals surface area contributed by atoms with E-state index in [1.807, 2.05) is 11.8 Å². The van der Waals surface area contributed by atoms with Gasteiger partial charge in [0.25, 0.3) is 0 Å². The molecule has 2 unspecified atom stereocenters. The number of anilines is 1. The van der Waals surface area contributed by atoms with E-state index in [0.29, 0.717) is 11.4 Å². The SMILES string of the molecule is Cc1sc2nc(CSC3CCOC3C)nc(NN)c2c1C. The van der Waals surface area contributed by atoms with Gasteiger partial charge in [-0.3, -0.25) is 0 Å². The number of nitrogens with two attached hydrogens (primary N) is 1. The summed E-state index contributed by atoms with van der Waals surface area (Å²) in [7, 11) is 0. The molecular formula is C14H20N4OS2. The molecule has 21 heavy (non-hydrogen) atoms. The summed E-state index contributed by atoms with van der Waals surface area (Å²) in [5, 5.41) is 1.58. The molecule has 0 aromatic carbocycles. The predicted octanol–water partition coefficient (Wildman–Crippen LogP) is 3.00. The van der Waals surface area contributed by atoms with E-state index >= 15 is 0 Å². The fraction of sp³-hybridized carbons (Fsp3) is 0.571. The van der Waals surface area contributed by atoms with Gasteiger partial charge >= 0.3 is 0 Å². The van der Waals surface area contributed by atoms with Gasteiger partial charge in [-0.2, -0.15) is 0 Å². The van der Waals surface area contributed by atoms with Crippen LogP contribution >= 0.6 is 23.1 Å². The third kappa shape index (κ3) is 2.88. The normalized spacial score (nSPS) is 22.1. The van der Waals surface area contributed by atoms with Crippen molar-refractivity contribution < 1.29 is 4.74 Å². The Morgan fingerprint density at radius 1 is 1.43 bits per heavy atom. The zero-order chi connectivity index (χ0) is 15.0. The summed E-state index contributed by atoms with van der Waals surface area (Å²) >= 11 is 3.57. The number of nitrogen functional groups attached to an aromatic ring is 1. The van der Waals surface area contributed by atoms with Gasteiger partial charge in [0, 0.05) is 16.7 Å². The van der Waals surface area contributed by atoms with E-state index in [0.717, 1.165) is 40.6 Å². The molecular weight excluding hydrogens is 304 g/mol. The van der Waals surface area contributed by atoms with Crippen LogP contribution in [0, 0.1) is 13.8 Å². The summed E-state index contributed by atoms with van der Waals surface area (Å²) < 4.78 is 5.60. The second-order valence-electron chi connectivity index (χ2n) is 5.31. The van der Waals surface area contributed by atoms with Crippen molar-refractivity contribution in [3.63, 3.8) is 0 Å². The lowest BCUT2D eigenvalue weighted by Crippen LogP contribution is -2.14. The zero-order valence-corrected chi connectivity index (χ0v) is 14.1. The Bertz CT molecular complexity index is 658. The van der Waals surface area contributed by atoms with Crippen molar-refractivity contribution in [2.24, 2.45) is 5.84 Å². The topological polar surface area (TPSA) is 73.1 Å². The second-order valence-corrected chi connectivity index (χ2v) is 7.74. The third-order valence-corrected chi connectivity index (χ3v) is 6.52. The van der Waals surface area contributed by atoms with Gasteiger partial charge < -0.3 is 10.2 Å². The highest BCUT2D eigenvalue weighted by molar-refractivity contribution is 7.99. The molecule has 1 aliphatic heterocycles. The maximum atomic E-state index is 5.64. The summed E-state index contributed by atoms with van der Waals surface area (Å²) in [5.41, 5.74) is 3.93. The van der Waals surface area contributed by atoms with Crippen LogP contribution < -0.4 is 11.3 Å². The number of aromatic nitrogens is 2. The van der Waals surface area contributed by atoms with E-state index in [9.17, 15) is 0 Å². The molecule has 5 nitrogen and oxygen atoms in total. The van der Waals surface area contributed by atoms with Crippen LogP contribution in [0.5, 0.6) is 0 Å². The van der Waals surface area contributed by atoms with Crippen LogP contribution in [0.2, 0.25) is 0 Å². The molecule has 1 fully saturated rings. The van der Waals surface area contributed by atoms with Crippen molar-refractivity contribution in [2.45, 2.75) is 44.3 Å². The van der Waals surface area contributed by atoms with Gasteiger partial charge in [-0.1, -0.05) is 0 Å². The van der Waals surface area contributed by atoms with E-state index in [4.69, 9.17) is 15.6 Å². The molecule has 3 heterocycles. The molecule has 3 N–H and O–H groups in total. The van der Waals surface area contributed by atoms with Crippen molar-refractivity contribution in [2.75, 3.05) is 12.0 Å². The van der Waals surface area contributed by atoms with Crippen LogP contribution in [0.4, 0.5) is 5.82 Å². The largest absolute Gasteiger partial charge is 0.377 e. The molecule has 0 amide bonds. The minimum Gasteiger partial charge on any atom is -0.377 e. The fourth-order valence-corrected chi connectivity index (χ4v) is 4.73. The molecule has 3 rings (SSSR count). The van der Waals surface area contributed by atoms with Crippen molar-refractivity contribution in [3.8, 4) is 0 Å². The van der Waals surface area contributed by atoms with Crippen molar-refractivity contribution in [1.82, 2.24) is 9.97 Å². The smallest absolute Gasteiger partial charge is 0.152 e. The van der Waals surface area contributed by atoms with E-state index in [2.05, 4.69) is 31.2 Å². The highest BCUT2D eigenvalue weighted by Crippen LogP contribution is 2.34. The summed E-state index contributed by atoms with van der Waals surface area (Å²) in [6, 6.07) is 0. The van der Waals surface area contributed by atoms with Gasteiger partial charge in [0.1, 0.15) is 10.7 Å². The van der Waals surface area contributed by atoms with Gasteiger partial charge in [-0.15, -0.1) is 23.1 Å². The van der Waals surface area contributed by atoms with Gasteiger partial charge in [0.2, 0.25) is 0 Å². The van der Waals surface area contributed by atoms with E-state index in [-0.39, 0.29) is 0 Å². The van der Waals surface area contributed by atoms with Crippen LogP contribution in [0.3, 0.4) is 0 Å². The number of thiophene rings is 1. The molecule has 0 aliphatic carbocycles. The lowest BCUT2D eigenvalue weighted by atomic mass is 10.2. The molecule has 0 radical (unpaired) electrons. The number of hydrazine groups is 1. The predicted molar refractivity (Wildman–Crippen MR) is 89.8 cm³/mol. The molecule has 2 aromatic rings. The van der Waals surface area contributed by atoms with Crippen LogP contribution in [-0.2, 0) is 10.5 Å². The second kappa shape index (κ2) is 6.08. The van der Waals surface area contributed by atoms with E-state index in [1.165, 1.54) is 10.4 Å². The zero-order valence-electron chi connectivity index (χ0n) is 12.5. The molecule has 0 saturated carbocycles. The summed E-state index contributed by atoms with van der Waals surface area (Å²) in [6.07, 6.45) is 1.42. The summed E-state index contributed by atoms with van der Waals surface area (Å²) in [4.78, 5) is 11.6. The Hall–Kier alpha value is -0.890. The van der Waals surface area contributed by atoms with Crippen molar-refractivity contribution in [3.05, 3.63) is 16.3 Å². The number of aryl methyl sites for hydroxylation is 2. The van der Waals surface area contributed by atoms with Crippen LogP contribution in [0.15, 0.2) is 0 Å². The quantitative estimate of drug-likeness (QED) is 0.665. The average molecular weight is 324 g/mol. The number of rotatable bonds is 4.